The van der Waals surface area contributed by atoms with Crippen LogP contribution in [0.3, 0.4) is 0 Å². The summed E-state index contributed by atoms with van der Waals surface area (Å²) < 4.78 is 11.8. The van der Waals surface area contributed by atoms with E-state index in [1.165, 1.54) is 0 Å². The summed E-state index contributed by atoms with van der Waals surface area (Å²) in [5.41, 5.74) is 4.80. The number of nitrogens with one attached hydrogen (secondary N) is 1. The molecule has 0 fully saturated rings. The summed E-state index contributed by atoms with van der Waals surface area (Å²) in [5, 5.41) is 24.3. The first-order valence-corrected chi connectivity index (χ1v) is 10.6. The van der Waals surface area contributed by atoms with Crippen LogP contribution in [-0.2, 0) is 17.8 Å². The summed E-state index contributed by atoms with van der Waals surface area (Å²) in [5.74, 6) is 1.55. The maximum Gasteiger partial charge on any atom is 0.204 e. The maximum atomic E-state index is 10.1. The number of ether oxygens (including phenoxy) is 2. The van der Waals surface area contributed by atoms with Crippen molar-refractivity contribution in [3.8, 4) is 22.9 Å². The smallest absolute Gasteiger partial charge is 0.204 e. The molecule has 7 heteroatoms. The van der Waals surface area contributed by atoms with E-state index in [1.54, 1.807) is 19.2 Å². The number of hydrogen-bond acceptors (Lipinski definition) is 6. The highest BCUT2D eigenvalue weighted by molar-refractivity contribution is 5.56. The molecule has 1 atom stereocenters. The fraction of sp³-hybridized carbons (Fsp3) is 0.240. The Morgan fingerprint density at radius 1 is 1.00 bits per heavy atom. The van der Waals surface area contributed by atoms with Crippen molar-refractivity contribution in [3.63, 3.8) is 0 Å². The van der Waals surface area contributed by atoms with Crippen LogP contribution in [0.25, 0.3) is 11.4 Å². The molecule has 1 unspecified atom stereocenters. The summed E-state index contributed by atoms with van der Waals surface area (Å²) >= 11 is 0. The Kier molecular flexibility index (Phi) is 6.77. The second-order valence-electron chi connectivity index (χ2n) is 7.51. The van der Waals surface area contributed by atoms with E-state index in [1.807, 2.05) is 54.6 Å². The Labute approximate surface area is 187 Å². The van der Waals surface area contributed by atoms with Gasteiger partial charge < -0.3 is 14.6 Å². The summed E-state index contributed by atoms with van der Waals surface area (Å²) in [6, 6.07) is 21.5. The molecule has 0 spiro atoms. The summed E-state index contributed by atoms with van der Waals surface area (Å²) in [4.78, 5) is 0. The predicted octanol–water partition coefficient (Wildman–Crippen LogP) is 4.84. The van der Waals surface area contributed by atoms with Crippen molar-refractivity contribution in [1.29, 1.82) is 0 Å². The van der Waals surface area contributed by atoms with Crippen LogP contribution in [-0.4, -0.2) is 32.8 Å². The van der Waals surface area contributed by atoms with E-state index in [4.69, 9.17) is 9.47 Å². The predicted molar refractivity (Wildman–Crippen MR) is 121 cm³/mol. The molecule has 3 aromatic carbocycles. The third-order valence-electron chi connectivity index (χ3n) is 5.31. The largest absolute Gasteiger partial charge is 0.508 e. The Bertz CT molecular complexity index is 1140. The highest BCUT2D eigenvalue weighted by Crippen LogP contribution is 2.30. The fourth-order valence-corrected chi connectivity index (χ4v) is 3.73. The SMILES string of the molecule is CCCc1c(O)cccc1OCc1ccc(C(OC)c2cccc(-c3nn[nH]n3)c2)cc1. The third-order valence-corrected chi connectivity index (χ3v) is 5.31. The van der Waals surface area contributed by atoms with Gasteiger partial charge in [-0.25, -0.2) is 0 Å². The van der Waals surface area contributed by atoms with Gasteiger partial charge in [-0.05, 0) is 46.5 Å². The van der Waals surface area contributed by atoms with Crippen molar-refractivity contribution in [2.75, 3.05) is 7.11 Å². The van der Waals surface area contributed by atoms with Gasteiger partial charge in [0.15, 0.2) is 0 Å². The lowest BCUT2D eigenvalue weighted by atomic mass is 9.98. The van der Waals surface area contributed by atoms with Crippen molar-refractivity contribution in [1.82, 2.24) is 20.6 Å². The zero-order chi connectivity index (χ0) is 22.3. The van der Waals surface area contributed by atoms with Crippen LogP contribution in [0.15, 0.2) is 66.7 Å². The van der Waals surface area contributed by atoms with Crippen LogP contribution in [0.1, 0.15) is 41.7 Å². The molecule has 0 aliphatic heterocycles. The van der Waals surface area contributed by atoms with Crippen LogP contribution in [0.4, 0.5) is 0 Å². The third kappa shape index (κ3) is 4.78. The lowest BCUT2D eigenvalue weighted by Gasteiger charge is -2.18. The number of phenols is 1. The second kappa shape index (κ2) is 10.1. The van der Waals surface area contributed by atoms with Crippen molar-refractivity contribution in [2.45, 2.75) is 32.5 Å². The molecule has 4 rings (SSSR count). The topological polar surface area (TPSA) is 93.1 Å². The zero-order valence-corrected chi connectivity index (χ0v) is 18.2. The number of aromatic nitrogens is 4. The first-order chi connectivity index (χ1) is 15.7. The van der Waals surface area contributed by atoms with Gasteiger partial charge in [0.1, 0.15) is 24.2 Å². The van der Waals surface area contributed by atoms with E-state index in [-0.39, 0.29) is 11.9 Å². The van der Waals surface area contributed by atoms with Crippen molar-refractivity contribution >= 4 is 0 Å². The minimum atomic E-state index is -0.223. The first kappa shape index (κ1) is 21.5. The van der Waals surface area contributed by atoms with E-state index in [9.17, 15) is 5.11 Å². The number of benzene rings is 3. The molecule has 0 saturated carbocycles. The van der Waals surface area contributed by atoms with Gasteiger partial charge in [-0.1, -0.05) is 61.9 Å². The molecule has 164 valence electrons. The van der Waals surface area contributed by atoms with Crippen LogP contribution in [0.5, 0.6) is 11.5 Å². The number of methoxy groups -OCH3 is 1. The maximum absolute atomic E-state index is 10.1. The Morgan fingerprint density at radius 3 is 2.53 bits per heavy atom. The number of aromatic amines is 1. The zero-order valence-electron chi connectivity index (χ0n) is 18.2. The van der Waals surface area contributed by atoms with Gasteiger partial charge in [0.25, 0.3) is 0 Å². The molecule has 0 aliphatic carbocycles. The molecular formula is C25H26N4O3. The molecule has 1 aromatic heterocycles. The number of phenolic OH excluding ortho intramolecular Hbond substituents is 1. The quantitative estimate of drug-likeness (QED) is 0.395. The van der Waals surface area contributed by atoms with Crippen molar-refractivity contribution < 1.29 is 14.6 Å². The van der Waals surface area contributed by atoms with Crippen molar-refractivity contribution in [2.24, 2.45) is 0 Å². The Hall–Kier alpha value is -3.71. The molecule has 2 N–H and O–H groups in total. The Balaban J connectivity index is 1.49. The van der Waals surface area contributed by atoms with E-state index < -0.39 is 0 Å². The van der Waals surface area contributed by atoms with Crippen LogP contribution in [0, 0.1) is 0 Å². The summed E-state index contributed by atoms with van der Waals surface area (Å²) in [7, 11) is 1.69. The lowest BCUT2D eigenvalue weighted by Crippen LogP contribution is -2.05. The molecule has 4 aromatic rings. The van der Waals surface area contributed by atoms with Gasteiger partial charge in [0, 0.05) is 18.2 Å². The van der Waals surface area contributed by atoms with Gasteiger partial charge >= 0.3 is 0 Å². The number of aromatic hydroxyl groups is 1. The molecule has 32 heavy (non-hydrogen) atoms. The minimum absolute atomic E-state index is 0.223. The molecule has 0 amide bonds. The number of nitrogens with zero attached hydrogens (tertiary/aromatic N) is 3. The van der Waals surface area contributed by atoms with Crippen LogP contribution >= 0.6 is 0 Å². The number of H-pyrrole nitrogens is 1. The molecule has 0 radical (unpaired) electrons. The average Bonchev–Trinajstić information content (AvgIpc) is 3.36. The van der Waals surface area contributed by atoms with E-state index in [0.29, 0.717) is 12.4 Å². The minimum Gasteiger partial charge on any atom is -0.508 e. The normalized spacial score (nSPS) is 11.9. The monoisotopic (exact) mass is 430 g/mol. The highest BCUT2D eigenvalue weighted by atomic mass is 16.5. The highest BCUT2D eigenvalue weighted by Gasteiger charge is 2.15. The average molecular weight is 431 g/mol. The van der Waals surface area contributed by atoms with E-state index in [0.717, 1.165) is 46.4 Å². The van der Waals surface area contributed by atoms with Gasteiger partial charge in [0.05, 0.1) is 0 Å². The fourth-order valence-electron chi connectivity index (χ4n) is 3.73. The van der Waals surface area contributed by atoms with Gasteiger partial charge in [0.2, 0.25) is 5.82 Å². The summed E-state index contributed by atoms with van der Waals surface area (Å²) in [6.45, 7) is 2.50. The molecule has 1 heterocycles. The lowest BCUT2D eigenvalue weighted by molar-refractivity contribution is 0.136. The molecule has 0 bridgehead atoms. The molecule has 7 nitrogen and oxygen atoms in total. The number of rotatable bonds is 9. The van der Waals surface area contributed by atoms with Crippen LogP contribution in [0.2, 0.25) is 0 Å². The number of hydrogen-bond donors (Lipinski definition) is 2. The Morgan fingerprint density at radius 2 is 1.81 bits per heavy atom. The van der Waals surface area contributed by atoms with Crippen LogP contribution < -0.4 is 4.74 Å². The molecule has 0 aliphatic rings. The van der Waals surface area contributed by atoms with Crippen molar-refractivity contribution in [3.05, 3.63) is 89.0 Å². The van der Waals surface area contributed by atoms with E-state index >= 15 is 0 Å². The first-order valence-electron chi connectivity index (χ1n) is 10.6. The molecule has 0 saturated heterocycles. The van der Waals surface area contributed by atoms with Gasteiger partial charge in [-0.3, -0.25) is 0 Å². The van der Waals surface area contributed by atoms with Gasteiger partial charge in [-0.15, -0.1) is 10.2 Å². The summed E-state index contributed by atoms with van der Waals surface area (Å²) in [6.07, 6.45) is 1.49. The molecular weight excluding hydrogens is 404 g/mol. The van der Waals surface area contributed by atoms with E-state index in [2.05, 4.69) is 27.5 Å². The second-order valence-corrected chi connectivity index (χ2v) is 7.51. The van der Waals surface area contributed by atoms with Gasteiger partial charge in [-0.2, -0.15) is 5.21 Å². The standard InChI is InChI=1S/C25H26N4O3/c1-3-6-21-22(30)9-5-10-23(21)32-16-17-11-13-18(14-12-17)24(31-2)19-7-4-8-20(15-19)25-26-28-29-27-25/h4-5,7-15,24,30H,3,6,16H2,1-2H3,(H,26,27,28,29). The number of tetrazole rings is 1.